The van der Waals surface area contributed by atoms with Crippen molar-refractivity contribution in [3.05, 3.63) is 10.9 Å². The summed E-state index contributed by atoms with van der Waals surface area (Å²) in [6.07, 6.45) is 0. The van der Waals surface area contributed by atoms with Gasteiger partial charge in [0.15, 0.2) is 0 Å². The molecule has 0 amide bonds. The Morgan fingerprint density at radius 1 is 1.69 bits per heavy atom. The molecule has 0 aliphatic heterocycles. The number of methoxy groups -OCH3 is 1. The fourth-order valence-corrected chi connectivity index (χ4v) is 1.54. The Hall–Kier alpha value is -1.10. The summed E-state index contributed by atoms with van der Waals surface area (Å²) in [5.74, 6) is -0.395. The predicted octanol–water partition coefficient (Wildman–Crippen LogP) is 1.51. The highest BCUT2D eigenvalue weighted by atomic mass is 32.1. The van der Waals surface area contributed by atoms with Gasteiger partial charge in [0, 0.05) is 10.9 Å². The van der Waals surface area contributed by atoms with Crippen LogP contribution in [-0.2, 0) is 10.2 Å². The molecule has 0 atom stereocenters. The summed E-state index contributed by atoms with van der Waals surface area (Å²) in [6, 6.07) is 1.65. The lowest BCUT2D eigenvalue weighted by Gasteiger charge is -2.15. The quantitative estimate of drug-likeness (QED) is 0.805. The molecule has 72 valence electrons. The summed E-state index contributed by atoms with van der Waals surface area (Å²) in [6.45, 7) is 3.28. The predicted molar refractivity (Wildman–Crippen MR) is 49.3 cm³/mol. The van der Waals surface area contributed by atoms with Crippen molar-refractivity contribution in [2.45, 2.75) is 19.3 Å². The molecule has 0 saturated carbocycles. The zero-order valence-electron chi connectivity index (χ0n) is 7.70. The molecular formula is C8H11NO3S. The maximum atomic E-state index is 10.9. The van der Waals surface area contributed by atoms with Crippen LogP contribution < -0.4 is 4.74 Å². The van der Waals surface area contributed by atoms with E-state index in [1.807, 2.05) is 0 Å². The van der Waals surface area contributed by atoms with E-state index in [0.717, 1.165) is 11.5 Å². The van der Waals surface area contributed by atoms with Gasteiger partial charge in [-0.25, -0.2) is 0 Å². The van der Waals surface area contributed by atoms with E-state index in [1.165, 1.54) is 7.11 Å². The van der Waals surface area contributed by atoms with Crippen LogP contribution in [0.4, 0.5) is 0 Å². The van der Waals surface area contributed by atoms with Gasteiger partial charge in [-0.05, 0) is 25.4 Å². The zero-order chi connectivity index (χ0) is 10.1. The molecule has 1 heterocycles. The van der Waals surface area contributed by atoms with Crippen LogP contribution in [-0.4, -0.2) is 22.6 Å². The van der Waals surface area contributed by atoms with E-state index in [2.05, 4.69) is 4.37 Å². The van der Waals surface area contributed by atoms with Gasteiger partial charge in [-0.15, -0.1) is 0 Å². The Morgan fingerprint density at radius 3 is 2.69 bits per heavy atom. The minimum atomic E-state index is -0.894. The van der Waals surface area contributed by atoms with Crippen molar-refractivity contribution in [1.82, 2.24) is 4.37 Å². The summed E-state index contributed by atoms with van der Waals surface area (Å²) in [4.78, 5) is 11.5. The zero-order valence-corrected chi connectivity index (χ0v) is 8.51. The molecule has 0 fully saturated rings. The molecule has 1 aromatic heterocycles. The Balaban J connectivity index is 3.00. The van der Waals surface area contributed by atoms with Crippen molar-refractivity contribution in [2.75, 3.05) is 7.11 Å². The molecule has 0 aromatic carbocycles. The van der Waals surface area contributed by atoms with Gasteiger partial charge in [0.1, 0.15) is 0 Å². The Morgan fingerprint density at radius 2 is 2.31 bits per heavy atom. The van der Waals surface area contributed by atoms with Gasteiger partial charge in [-0.1, -0.05) is 0 Å². The first-order valence-electron chi connectivity index (χ1n) is 3.73. The lowest BCUT2D eigenvalue weighted by atomic mass is 9.92. The number of ether oxygens (including phenoxy) is 1. The molecule has 0 spiro atoms. The number of nitrogens with zero attached hydrogens (tertiary/aromatic N) is 1. The number of aliphatic carboxylic acids is 1. The Bertz CT molecular complexity index is 319. The van der Waals surface area contributed by atoms with Gasteiger partial charge in [0.05, 0.1) is 12.5 Å². The summed E-state index contributed by atoms with van der Waals surface area (Å²) >= 11 is 1.15. The lowest BCUT2D eigenvalue weighted by Crippen LogP contribution is -2.27. The molecule has 1 rings (SSSR count). The number of carboxylic acid groups (broad SMARTS) is 1. The molecule has 0 saturated heterocycles. The van der Waals surface area contributed by atoms with E-state index in [1.54, 1.807) is 19.9 Å². The second kappa shape index (κ2) is 3.33. The van der Waals surface area contributed by atoms with Crippen molar-refractivity contribution >= 4 is 17.5 Å². The monoisotopic (exact) mass is 201 g/mol. The number of aromatic nitrogens is 1. The minimum absolute atomic E-state index is 0.467. The summed E-state index contributed by atoms with van der Waals surface area (Å²) in [5, 5.41) is 8.91. The third-order valence-electron chi connectivity index (χ3n) is 1.85. The van der Waals surface area contributed by atoms with Gasteiger partial charge in [-0.3, -0.25) is 4.79 Å². The van der Waals surface area contributed by atoms with Gasteiger partial charge < -0.3 is 9.84 Å². The smallest absolute Gasteiger partial charge is 0.314 e. The summed E-state index contributed by atoms with van der Waals surface area (Å²) < 4.78 is 8.82. The number of hydrogen-bond acceptors (Lipinski definition) is 4. The van der Waals surface area contributed by atoms with E-state index >= 15 is 0 Å². The van der Waals surface area contributed by atoms with E-state index in [4.69, 9.17) is 9.84 Å². The maximum absolute atomic E-state index is 10.9. The maximum Gasteiger partial charge on any atom is 0.314 e. The summed E-state index contributed by atoms with van der Waals surface area (Å²) in [5.41, 5.74) is -0.894. The van der Waals surface area contributed by atoms with Crippen molar-refractivity contribution in [1.29, 1.82) is 0 Å². The van der Waals surface area contributed by atoms with Crippen LogP contribution in [0.1, 0.15) is 18.7 Å². The van der Waals surface area contributed by atoms with Crippen molar-refractivity contribution in [2.24, 2.45) is 0 Å². The van der Waals surface area contributed by atoms with Gasteiger partial charge in [-0.2, -0.15) is 4.37 Å². The SMILES string of the molecule is COc1cc(C(C)(C)C(=O)O)sn1. The molecule has 0 bridgehead atoms. The summed E-state index contributed by atoms with van der Waals surface area (Å²) in [7, 11) is 1.51. The van der Waals surface area contributed by atoms with Crippen LogP contribution >= 0.6 is 11.5 Å². The van der Waals surface area contributed by atoms with Crippen LogP contribution in [0.5, 0.6) is 5.88 Å². The van der Waals surface area contributed by atoms with E-state index in [-0.39, 0.29) is 0 Å². The third kappa shape index (κ3) is 1.80. The first kappa shape index (κ1) is 9.98. The largest absolute Gasteiger partial charge is 0.481 e. The van der Waals surface area contributed by atoms with E-state index in [9.17, 15) is 4.79 Å². The first-order chi connectivity index (χ1) is 5.98. The van der Waals surface area contributed by atoms with Crippen LogP contribution in [0.25, 0.3) is 0 Å². The van der Waals surface area contributed by atoms with E-state index < -0.39 is 11.4 Å². The topological polar surface area (TPSA) is 59.4 Å². The Labute approximate surface area is 80.3 Å². The lowest BCUT2D eigenvalue weighted by molar-refractivity contribution is -0.142. The molecule has 0 aliphatic rings. The average Bonchev–Trinajstić information content (AvgIpc) is 2.51. The molecule has 0 unspecified atom stereocenters. The van der Waals surface area contributed by atoms with Gasteiger partial charge >= 0.3 is 5.97 Å². The van der Waals surface area contributed by atoms with Crippen molar-refractivity contribution in [3.63, 3.8) is 0 Å². The normalized spacial score (nSPS) is 11.3. The fourth-order valence-electron chi connectivity index (χ4n) is 0.755. The minimum Gasteiger partial charge on any atom is -0.481 e. The van der Waals surface area contributed by atoms with Crippen LogP contribution in [0.2, 0.25) is 0 Å². The standard InChI is InChI=1S/C8H11NO3S/c1-8(2,7(10)11)5-4-6(12-3)9-13-5/h4H,1-3H3,(H,10,11). The first-order valence-corrected chi connectivity index (χ1v) is 4.50. The second-order valence-electron chi connectivity index (χ2n) is 3.16. The fraction of sp³-hybridized carbons (Fsp3) is 0.500. The average molecular weight is 201 g/mol. The Kier molecular flexibility index (Phi) is 2.56. The highest BCUT2D eigenvalue weighted by Gasteiger charge is 2.31. The molecule has 13 heavy (non-hydrogen) atoms. The van der Waals surface area contributed by atoms with Gasteiger partial charge in [0.25, 0.3) is 0 Å². The van der Waals surface area contributed by atoms with Crippen LogP contribution in [0, 0.1) is 0 Å². The second-order valence-corrected chi connectivity index (χ2v) is 3.97. The number of carboxylic acids is 1. The van der Waals surface area contributed by atoms with Crippen LogP contribution in [0.3, 0.4) is 0 Å². The van der Waals surface area contributed by atoms with Gasteiger partial charge in [0.2, 0.25) is 5.88 Å². The number of rotatable bonds is 3. The molecule has 0 radical (unpaired) electrons. The highest BCUT2D eigenvalue weighted by Crippen LogP contribution is 2.29. The molecule has 1 aromatic rings. The molecular weight excluding hydrogens is 190 g/mol. The highest BCUT2D eigenvalue weighted by molar-refractivity contribution is 7.06. The van der Waals surface area contributed by atoms with E-state index in [0.29, 0.717) is 10.8 Å². The molecule has 0 aliphatic carbocycles. The number of hydrogen-bond donors (Lipinski definition) is 1. The third-order valence-corrected chi connectivity index (χ3v) is 2.94. The van der Waals surface area contributed by atoms with Crippen molar-refractivity contribution < 1.29 is 14.6 Å². The molecule has 4 nitrogen and oxygen atoms in total. The van der Waals surface area contributed by atoms with Crippen molar-refractivity contribution in [3.8, 4) is 5.88 Å². The molecule has 1 N–H and O–H groups in total. The molecule has 5 heteroatoms. The number of carbonyl (C=O) groups is 1. The van der Waals surface area contributed by atoms with Crippen LogP contribution in [0.15, 0.2) is 6.07 Å².